The Balaban J connectivity index is 1.40. The van der Waals surface area contributed by atoms with Crippen LogP contribution in [-0.4, -0.2) is 66.1 Å². The fourth-order valence-corrected chi connectivity index (χ4v) is 4.03. The van der Waals surface area contributed by atoms with E-state index in [2.05, 4.69) is 26.3 Å². The number of carbonyl (C=O) groups is 1. The van der Waals surface area contributed by atoms with Gasteiger partial charge < -0.3 is 19.5 Å². The molecular formula is C24H28N6O2. The first-order valence-electron chi connectivity index (χ1n) is 10.8. The number of carbonyl (C=O) groups excluding carboxylic acids is 1. The normalized spacial score (nSPS) is 16.5. The quantitative estimate of drug-likeness (QED) is 0.568. The minimum atomic E-state index is -0.0623. The van der Waals surface area contributed by atoms with Crippen molar-refractivity contribution in [2.24, 2.45) is 5.92 Å². The lowest BCUT2D eigenvalue weighted by Crippen LogP contribution is -2.52. The minimum absolute atomic E-state index is 0.0623. The summed E-state index contributed by atoms with van der Waals surface area (Å²) in [4.78, 5) is 24.2. The number of rotatable bonds is 8. The number of pyridine rings is 1. The van der Waals surface area contributed by atoms with Gasteiger partial charge in [-0.3, -0.25) is 10.1 Å². The standard InChI is InChI=1S/C24H28N6O2/c1-29(2)10-3-11-30-16-26-14-18(24(30)31)12-17-4-6-20(7-5-17)32-21-8-9-27-23-22(21)19(13-25)15-28-23/h4-9,15,18,26H,3,10-12,14,16H2,1-2H3,(H,27,28). The highest BCUT2D eigenvalue weighted by Gasteiger charge is 2.28. The molecular weight excluding hydrogens is 404 g/mol. The lowest BCUT2D eigenvalue weighted by molar-refractivity contribution is -0.138. The molecule has 1 unspecified atom stereocenters. The van der Waals surface area contributed by atoms with Crippen molar-refractivity contribution >= 4 is 16.9 Å². The van der Waals surface area contributed by atoms with Crippen molar-refractivity contribution in [3.05, 3.63) is 53.9 Å². The number of nitrogens with one attached hydrogen (secondary N) is 2. The SMILES string of the molecule is CN(C)CCCN1CNCC(Cc2ccc(Oc3ccnc4[nH]cc(C#N)c34)cc2)C1=O. The first kappa shape index (κ1) is 21.8. The number of amides is 1. The second kappa shape index (κ2) is 9.81. The highest BCUT2D eigenvalue weighted by molar-refractivity contribution is 5.88. The number of nitrogens with zero attached hydrogens (tertiary/aromatic N) is 4. The zero-order valence-electron chi connectivity index (χ0n) is 18.5. The van der Waals surface area contributed by atoms with Crippen LogP contribution in [0.5, 0.6) is 11.5 Å². The van der Waals surface area contributed by atoms with Crippen molar-refractivity contribution in [1.29, 1.82) is 5.26 Å². The summed E-state index contributed by atoms with van der Waals surface area (Å²) in [7, 11) is 4.09. The Hall–Kier alpha value is -3.41. The van der Waals surface area contributed by atoms with E-state index in [1.807, 2.05) is 43.3 Å². The Morgan fingerprint density at radius 1 is 1.28 bits per heavy atom. The Morgan fingerprint density at radius 2 is 2.09 bits per heavy atom. The molecule has 1 saturated heterocycles. The van der Waals surface area contributed by atoms with Gasteiger partial charge in [-0.25, -0.2) is 4.98 Å². The fraction of sp³-hybridized carbons (Fsp3) is 0.375. The van der Waals surface area contributed by atoms with Crippen LogP contribution in [0.25, 0.3) is 11.0 Å². The van der Waals surface area contributed by atoms with Crippen LogP contribution in [0.3, 0.4) is 0 Å². The van der Waals surface area contributed by atoms with Crippen LogP contribution < -0.4 is 10.1 Å². The van der Waals surface area contributed by atoms with Gasteiger partial charge in [0.05, 0.1) is 23.5 Å². The van der Waals surface area contributed by atoms with Crippen LogP contribution in [0.4, 0.5) is 0 Å². The van der Waals surface area contributed by atoms with E-state index in [-0.39, 0.29) is 11.8 Å². The summed E-state index contributed by atoms with van der Waals surface area (Å²) >= 11 is 0. The summed E-state index contributed by atoms with van der Waals surface area (Å²) in [5.74, 6) is 1.41. The Kier molecular flexibility index (Phi) is 6.69. The number of ether oxygens (including phenoxy) is 1. The number of hydrogen-bond acceptors (Lipinski definition) is 6. The number of aromatic nitrogens is 2. The average molecular weight is 433 g/mol. The van der Waals surface area contributed by atoms with Crippen LogP contribution in [0.15, 0.2) is 42.7 Å². The number of H-pyrrole nitrogens is 1. The molecule has 1 atom stereocenters. The molecule has 0 bridgehead atoms. The molecule has 2 N–H and O–H groups in total. The maximum atomic E-state index is 12.9. The van der Waals surface area contributed by atoms with Gasteiger partial charge in [-0.1, -0.05) is 12.1 Å². The number of benzene rings is 1. The van der Waals surface area contributed by atoms with Crippen molar-refractivity contribution in [1.82, 2.24) is 25.1 Å². The highest BCUT2D eigenvalue weighted by Crippen LogP contribution is 2.31. The van der Waals surface area contributed by atoms with Gasteiger partial charge >= 0.3 is 0 Å². The predicted octanol–water partition coefficient (Wildman–Crippen LogP) is 2.73. The largest absolute Gasteiger partial charge is 0.456 e. The molecule has 8 heteroatoms. The molecule has 32 heavy (non-hydrogen) atoms. The van der Waals surface area contributed by atoms with E-state index in [0.29, 0.717) is 47.7 Å². The summed E-state index contributed by atoms with van der Waals surface area (Å²) in [5.41, 5.74) is 2.21. The Labute approximate surface area is 187 Å². The lowest BCUT2D eigenvalue weighted by Gasteiger charge is -2.33. The van der Waals surface area contributed by atoms with E-state index >= 15 is 0 Å². The zero-order chi connectivity index (χ0) is 22.5. The van der Waals surface area contributed by atoms with Gasteiger partial charge in [-0.15, -0.1) is 0 Å². The summed E-state index contributed by atoms with van der Waals surface area (Å²) < 4.78 is 6.04. The number of fused-ring (bicyclic) bond motifs is 1. The summed E-state index contributed by atoms with van der Waals surface area (Å²) in [6, 6.07) is 11.7. The van der Waals surface area contributed by atoms with Crippen LogP contribution in [0.1, 0.15) is 17.5 Å². The van der Waals surface area contributed by atoms with E-state index in [9.17, 15) is 10.1 Å². The van der Waals surface area contributed by atoms with Crippen LogP contribution in [0.2, 0.25) is 0 Å². The smallest absolute Gasteiger partial charge is 0.228 e. The number of nitriles is 1. The maximum absolute atomic E-state index is 12.9. The monoisotopic (exact) mass is 432 g/mol. The van der Waals surface area contributed by atoms with Crippen molar-refractivity contribution in [3.8, 4) is 17.6 Å². The van der Waals surface area contributed by atoms with Crippen LogP contribution in [0, 0.1) is 17.2 Å². The summed E-state index contributed by atoms with van der Waals surface area (Å²) in [6.07, 6.45) is 4.94. The van der Waals surface area contributed by atoms with Crippen LogP contribution in [-0.2, 0) is 11.2 Å². The molecule has 1 aromatic carbocycles. The van der Waals surface area contributed by atoms with Crippen LogP contribution >= 0.6 is 0 Å². The topological polar surface area (TPSA) is 97.3 Å². The summed E-state index contributed by atoms with van der Waals surface area (Å²) in [6.45, 7) is 3.07. The van der Waals surface area contributed by atoms with E-state index in [4.69, 9.17) is 4.74 Å². The van der Waals surface area contributed by atoms with E-state index in [0.717, 1.165) is 25.1 Å². The first-order valence-corrected chi connectivity index (χ1v) is 10.8. The predicted molar refractivity (Wildman–Crippen MR) is 122 cm³/mol. The van der Waals surface area contributed by atoms with Gasteiger partial charge in [0.2, 0.25) is 5.91 Å². The maximum Gasteiger partial charge on any atom is 0.228 e. The van der Waals surface area contributed by atoms with Gasteiger partial charge in [-0.2, -0.15) is 5.26 Å². The molecule has 1 aliphatic heterocycles. The van der Waals surface area contributed by atoms with Crippen molar-refractivity contribution in [2.75, 3.05) is 40.4 Å². The van der Waals surface area contributed by atoms with E-state index in [1.165, 1.54) is 0 Å². The third-order valence-electron chi connectivity index (χ3n) is 5.68. The summed E-state index contributed by atoms with van der Waals surface area (Å²) in [5, 5.41) is 13.4. The van der Waals surface area contributed by atoms with E-state index in [1.54, 1.807) is 18.5 Å². The molecule has 3 aromatic rings. The fourth-order valence-electron chi connectivity index (χ4n) is 4.03. The molecule has 0 aliphatic carbocycles. The molecule has 166 valence electrons. The zero-order valence-corrected chi connectivity index (χ0v) is 18.5. The number of aromatic amines is 1. The third kappa shape index (κ3) is 4.90. The average Bonchev–Trinajstić information content (AvgIpc) is 3.22. The molecule has 8 nitrogen and oxygen atoms in total. The molecule has 3 heterocycles. The van der Waals surface area contributed by atoms with Gasteiger partial charge in [0, 0.05) is 25.5 Å². The molecule has 2 aromatic heterocycles. The minimum Gasteiger partial charge on any atom is -0.456 e. The molecule has 1 fully saturated rings. The Bertz CT molecular complexity index is 1120. The second-order valence-electron chi connectivity index (χ2n) is 8.36. The lowest BCUT2D eigenvalue weighted by atomic mass is 9.96. The molecule has 4 rings (SSSR count). The van der Waals surface area contributed by atoms with Crippen molar-refractivity contribution in [2.45, 2.75) is 12.8 Å². The molecule has 0 radical (unpaired) electrons. The molecule has 1 aliphatic rings. The molecule has 1 amide bonds. The van der Waals surface area contributed by atoms with Gasteiger partial charge in [0.1, 0.15) is 23.2 Å². The highest BCUT2D eigenvalue weighted by atomic mass is 16.5. The van der Waals surface area contributed by atoms with E-state index < -0.39 is 0 Å². The van der Waals surface area contributed by atoms with Gasteiger partial charge in [-0.05, 0) is 57.2 Å². The third-order valence-corrected chi connectivity index (χ3v) is 5.68. The Morgan fingerprint density at radius 3 is 2.84 bits per heavy atom. The first-order chi connectivity index (χ1) is 15.5. The second-order valence-corrected chi connectivity index (χ2v) is 8.36. The van der Waals surface area contributed by atoms with Gasteiger partial charge in [0.15, 0.2) is 0 Å². The van der Waals surface area contributed by atoms with Crippen molar-refractivity contribution < 1.29 is 9.53 Å². The van der Waals surface area contributed by atoms with Crippen molar-refractivity contribution in [3.63, 3.8) is 0 Å². The molecule has 0 spiro atoms. The van der Waals surface area contributed by atoms with Gasteiger partial charge in [0.25, 0.3) is 0 Å². The number of hydrogen-bond donors (Lipinski definition) is 2. The molecule has 0 saturated carbocycles.